The Hall–Kier alpha value is -2.44. The van der Waals surface area contributed by atoms with Crippen LogP contribution in [0.3, 0.4) is 0 Å². The molecule has 20 heavy (non-hydrogen) atoms. The number of hydrogen-bond acceptors (Lipinski definition) is 4. The summed E-state index contributed by atoms with van der Waals surface area (Å²) < 4.78 is 1.83. The van der Waals surface area contributed by atoms with Crippen molar-refractivity contribution >= 4 is 17.5 Å². The number of rotatable bonds is 6. The Balaban J connectivity index is 1.77. The molecule has 0 aliphatic carbocycles. The number of hydrogen-bond donors (Lipinski definition) is 2. The summed E-state index contributed by atoms with van der Waals surface area (Å²) in [6.45, 7) is 2.30. The van der Waals surface area contributed by atoms with E-state index in [-0.39, 0.29) is 11.8 Å². The summed E-state index contributed by atoms with van der Waals surface area (Å²) in [4.78, 5) is 22.3. The molecule has 2 rings (SSSR count). The van der Waals surface area contributed by atoms with Crippen LogP contribution in [0, 0.1) is 0 Å². The standard InChI is InChI=1S/C13H17N5O2/c1-10(19)14-7-4-6-13(20)15-9-12-17-16-11-5-2-3-8-18(11)12/h2-3,5,8H,4,6-7,9H2,1H3,(H,14,19)(H,15,20). The van der Waals surface area contributed by atoms with Crippen molar-refractivity contribution in [3.63, 3.8) is 0 Å². The lowest BCUT2D eigenvalue weighted by Gasteiger charge is -2.04. The highest BCUT2D eigenvalue weighted by molar-refractivity contribution is 5.76. The van der Waals surface area contributed by atoms with E-state index < -0.39 is 0 Å². The number of carbonyl (C=O) groups excluding carboxylic acids is 2. The topological polar surface area (TPSA) is 88.4 Å². The molecule has 0 unspecified atom stereocenters. The van der Waals surface area contributed by atoms with Gasteiger partial charge in [0.25, 0.3) is 0 Å². The van der Waals surface area contributed by atoms with E-state index in [9.17, 15) is 9.59 Å². The molecule has 0 radical (unpaired) electrons. The zero-order valence-corrected chi connectivity index (χ0v) is 11.3. The minimum atomic E-state index is -0.0830. The van der Waals surface area contributed by atoms with Crippen LogP contribution in [-0.4, -0.2) is 33.0 Å². The highest BCUT2D eigenvalue weighted by atomic mass is 16.2. The van der Waals surface area contributed by atoms with Crippen molar-refractivity contribution in [3.8, 4) is 0 Å². The van der Waals surface area contributed by atoms with Gasteiger partial charge in [0.05, 0.1) is 6.54 Å². The van der Waals surface area contributed by atoms with Crippen LogP contribution >= 0.6 is 0 Å². The van der Waals surface area contributed by atoms with Crippen molar-refractivity contribution < 1.29 is 9.59 Å². The molecular formula is C13H17N5O2. The summed E-state index contributed by atoms with van der Waals surface area (Å²) in [7, 11) is 0. The predicted molar refractivity (Wildman–Crippen MR) is 72.8 cm³/mol. The zero-order valence-electron chi connectivity index (χ0n) is 11.3. The fourth-order valence-corrected chi connectivity index (χ4v) is 1.79. The number of aromatic nitrogens is 3. The maximum atomic E-state index is 11.6. The van der Waals surface area contributed by atoms with Crippen molar-refractivity contribution in [1.29, 1.82) is 0 Å². The molecule has 0 aliphatic heterocycles. The fourth-order valence-electron chi connectivity index (χ4n) is 1.79. The average Bonchev–Trinajstić information content (AvgIpc) is 2.84. The minimum absolute atomic E-state index is 0.0666. The largest absolute Gasteiger partial charge is 0.356 e. The summed E-state index contributed by atoms with van der Waals surface area (Å²) in [5, 5.41) is 13.5. The predicted octanol–water partition coefficient (Wildman–Crippen LogP) is 0.262. The van der Waals surface area contributed by atoms with E-state index in [2.05, 4.69) is 20.8 Å². The van der Waals surface area contributed by atoms with Gasteiger partial charge in [-0.25, -0.2) is 0 Å². The summed E-state index contributed by atoms with van der Waals surface area (Å²) in [5.74, 6) is 0.541. The Morgan fingerprint density at radius 1 is 1.25 bits per heavy atom. The van der Waals surface area contributed by atoms with Gasteiger partial charge < -0.3 is 10.6 Å². The first-order valence-corrected chi connectivity index (χ1v) is 6.46. The molecule has 2 heterocycles. The second-order valence-electron chi connectivity index (χ2n) is 4.41. The van der Waals surface area contributed by atoms with Crippen molar-refractivity contribution in [2.75, 3.05) is 6.54 Å². The Bertz CT molecular complexity index is 608. The first-order valence-electron chi connectivity index (χ1n) is 6.46. The van der Waals surface area contributed by atoms with Gasteiger partial charge in [-0.2, -0.15) is 0 Å². The van der Waals surface area contributed by atoms with Crippen LogP contribution in [-0.2, 0) is 16.1 Å². The molecule has 2 aromatic heterocycles. The molecule has 2 aromatic rings. The third kappa shape index (κ3) is 3.78. The second kappa shape index (κ2) is 6.65. The molecule has 7 nitrogen and oxygen atoms in total. The minimum Gasteiger partial charge on any atom is -0.356 e. The molecule has 2 amide bonds. The van der Waals surface area contributed by atoms with E-state index in [1.807, 2.05) is 28.8 Å². The van der Waals surface area contributed by atoms with Crippen molar-refractivity contribution in [2.45, 2.75) is 26.3 Å². The van der Waals surface area contributed by atoms with Crippen LogP contribution in [0.25, 0.3) is 5.65 Å². The molecule has 7 heteroatoms. The first kappa shape index (κ1) is 14.0. The fraction of sp³-hybridized carbons (Fsp3) is 0.385. The second-order valence-corrected chi connectivity index (χ2v) is 4.41. The van der Waals surface area contributed by atoms with Crippen LogP contribution in [0.5, 0.6) is 0 Å². The SMILES string of the molecule is CC(=O)NCCCC(=O)NCc1nnc2ccccn12. The van der Waals surface area contributed by atoms with Gasteiger partial charge in [0.2, 0.25) is 11.8 Å². The molecule has 0 aliphatic rings. The monoisotopic (exact) mass is 275 g/mol. The van der Waals surface area contributed by atoms with Crippen LogP contribution in [0.1, 0.15) is 25.6 Å². The van der Waals surface area contributed by atoms with Crippen LogP contribution in [0.15, 0.2) is 24.4 Å². The van der Waals surface area contributed by atoms with Crippen LogP contribution < -0.4 is 10.6 Å². The normalized spacial score (nSPS) is 10.4. The molecule has 0 spiro atoms. The van der Waals surface area contributed by atoms with Crippen molar-refractivity contribution in [3.05, 3.63) is 30.2 Å². The molecule has 0 aromatic carbocycles. The molecule has 106 valence electrons. The van der Waals surface area contributed by atoms with E-state index in [1.165, 1.54) is 6.92 Å². The van der Waals surface area contributed by atoms with Crippen molar-refractivity contribution in [1.82, 2.24) is 25.2 Å². The third-order valence-corrected chi connectivity index (χ3v) is 2.78. The summed E-state index contributed by atoms with van der Waals surface area (Å²) >= 11 is 0. The Labute approximate surface area is 116 Å². The summed E-state index contributed by atoms with van der Waals surface area (Å²) in [6, 6.07) is 5.62. The Morgan fingerprint density at radius 2 is 2.10 bits per heavy atom. The van der Waals surface area contributed by atoms with Gasteiger partial charge in [0.1, 0.15) is 0 Å². The smallest absolute Gasteiger partial charge is 0.220 e. The van der Waals surface area contributed by atoms with Gasteiger partial charge in [0, 0.05) is 26.1 Å². The van der Waals surface area contributed by atoms with E-state index in [0.717, 1.165) is 5.65 Å². The lowest BCUT2D eigenvalue weighted by Crippen LogP contribution is -2.26. The molecular weight excluding hydrogens is 258 g/mol. The molecule has 2 N–H and O–H groups in total. The van der Waals surface area contributed by atoms with Gasteiger partial charge >= 0.3 is 0 Å². The van der Waals surface area contributed by atoms with Crippen LogP contribution in [0.2, 0.25) is 0 Å². The van der Waals surface area contributed by atoms with E-state index >= 15 is 0 Å². The average molecular weight is 275 g/mol. The Morgan fingerprint density at radius 3 is 2.90 bits per heavy atom. The number of pyridine rings is 1. The lowest BCUT2D eigenvalue weighted by atomic mass is 10.3. The van der Waals surface area contributed by atoms with Crippen molar-refractivity contribution in [2.24, 2.45) is 0 Å². The molecule has 0 atom stereocenters. The number of amides is 2. The maximum absolute atomic E-state index is 11.6. The van der Waals surface area contributed by atoms with E-state index in [4.69, 9.17) is 0 Å². The number of nitrogens with one attached hydrogen (secondary N) is 2. The number of fused-ring (bicyclic) bond motifs is 1. The van der Waals surface area contributed by atoms with E-state index in [1.54, 1.807) is 0 Å². The molecule has 0 bridgehead atoms. The summed E-state index contributed by atoms with van der Waals surface area (Å²) in [6.07, 6.45) is 2.84. The van der Waals surface area contributed by atoms with Gasteiger partial charge in [-0.05, 0) is 18.6 Å². The van der Waals surface area contributed by atoms with Crippen LogP contribution in [0.4, 0.5) is 0 Å². The number of carbonyl (C=O) groups is 2. The molecule has 0 saturated heterocycles. The van der Waals surface area contributed by atoms with Gasteiger partial charge in [0.15, 0.2) is 11.5 Å². The zero-order chi connectivity index (χ0) is 14.4. The highest BCUT2D eigenvalue weighted by Gasteiger charge is 2.06. The molecule has 0 saturated carbocycles. The molecule has 0 fully saturated rings. The van der Waals surface area contributed by atoms with Gasteiger partial charge in [-0.15, -0.1) is 10.2 Å². The first-order chi connectivity index (χ1) is 9.66. The highest BCUT2D eigenvalue weighted by Crippen LogP contribution is 2.02. The van der Waals surface area contributed by atoms with Gasteiger partial charge in [-0.3, -0.25) is 14.0 Å². The van der Waals surface area contributed by atoms with Gasteiger partial charge in [-0.1, -0.05) is 6.07 Å². The maximum Gasteiger partial charge on any atom is 0.220 e. The van der Waals surface area contributed by atoms with E-state index in [0.29, 0.717) is 31.8 Å². The quantitative estimate of drug-likeness (QED) is 0.740. The lowest BCUT2D eigenvalue weighted by molar-refractivity contribution is -0.122. The summed E-state index contributed by atoms with van der Waals surface area (Å²) in [5.41, 5.74) is 0.752. The third-order valence-electron chi connectivity index (χ3n) is 2.78. The number of nitrogens with zero attached hydrogens (tertiary/aromatic N) is 3. The Kier molecular flexibility index (Phi) is 4.65.